The van der Waals surface area contributed by atoms with Gasteiger partial charge in [-0.3, -0.25) is 4.79 Å². The molecule has 1 amide bonds. The van der Waals surface area contributed by atoms with Gasteiger partial charge in [0.1, 0.15) is 15.9 Å². The number of aromatic nitrogens is 2. The number of fused-ring (bicyclic) bond motifs is 1. The predicted octanol–water partition coefficient (Wildman–Crippen LogP) is 3.35. The fourth-order valence-electron chi connectivity index (χ4n) is 3.57. The molecule has 3 aromatic rings. The normalized spacial score (nSPS) is 18.1. The number of hydrogen-bond acceptors (Lipinski definition) is 6. The summed E-state index contributed by atoms with van der Waals surface area (Å²) in [4.78, 5) is 12.9. The van der Waals surface area contributed by atoms with Crippen molar-refractivity contribution in [3.8, 4) is 0 Å². The number of benzene rings is 2. The van der Waals surface area contributed by atoms with Crippen molar-refractivity contribution in [1.29, 1.82) is 0 Å². The maximum atomic E-state index is 13.2. The van der Waals surface area contributed by atoms with Crippen LogP contribution in [0.2, 0.25) is 0 Å². The standard InChI is InChI=1S/C20H22N4O3S2/c1-13-8-9-16(11-14(13)2)21-20(25)15-5-4-10-24(12-15)29(26,27)18-7-3-6-17-19(18)23-28-22-17/h3,6-9,11,15H,4-5,10,12H2,1-2H3,(H,21,25). The van der Waals surface area contributed by atoms with Gasteiger partial charge < -0.3 is 5.32 Å². The Bertz CT molecular complexity index is 1170. The summed E-state index contributed by atoms with van der Waals surface area (Å²) < 4.78 is 36.2. The first-order valence-electron chi connectivity index (χ1n) is 9.46. The largest absolute Gasteiger partial charge is 0.326 e. The molecule has 1 atom stereocenters. The average molecular weight is 431 g/mol. The molecule has 1 N–H and O–H groups in total. The van der Waals surface area contributed by atoms with E-state index in [2.05, 4.69) is 14.1 Å². The minimum absolute atomic E-state index is 0.151. The van der Waals surface area contributed by atoms with Crippen LogP contribution in [-0.2, 0) is 14.8 Å². The topological polar surface area (TPSA) is 92.3 Å². The van der Waals surface area contributed by atoms with Gasteiger partial charge in [-0.25, -0.2) is 8.42 Å². The van der Waals surface area contributed by atoms with E-state index in [1.165, 1.54) is 4.31 Å². The third-order valence-corrected chi connectivity index (χ3v) is 7.84. The van der Waals surface area contributed by atoms with Gasteiger partial charge in [-0.05, 0) is 62.1 Å². The second kappa shape index (κ2) is 7.81. The van der Waals surface area contributed by atoms with E-state index in [9.17, 15) is 13.2 Å². The van der Waals surface area contributed by atoms with Crippen molar-refractivity contribution < 1.29 is 13.2 Å². The van der Waals surface area contributed by atoms with Gasteiger partial charge in [0.2, 0.25) is 15.9 Å². The van der Waals surface area contributed by atoms with E-state index in [-0.39, 0.29) is 17.3 Å². The van der Waals surface area contributed by atoms with E-state index < -0.39 is 15.9 Å². The molecule has 1 aliphatic heterocycles. The monoisotopic (exact) mass is 430 g/mol. The molecule has 1 aromatic heterocycles. The van der Waals surface area contributed by atoms with Crippen LogP contribution >= 0.6 is 11.7 Å². The third kappa shape index (κ3) is 3.90. The zero-order valence-corrected chi connectivity index (χ0v) is 17.9. The number of carbonyl (C=O) groups is 1. The number of piperidine rings is 1. The Balaban J connectivity index is 1.53. The van der Waals surface area contributed by atoms with Crippen molar-refractivity contribution in [2.75, 3.05) is 18.4 Å². The minimum Gasteiger partial charge on any atom is -0.326 e. The Labute approximate surface area is 174 Å². The molecule has 2 heterocycles. The Morgan fingerprint density at radius 3 is 2.79 bits per heavy atom. The molecule has 0 saturated carbocycles. The van der Waals surface area contributed by atoms with Crippen LogP contribution in [-0.4, -0.2) is 40.5 Å². The molecule has 9 heteroatoms. The average Bonchev–Trinajstić information content (AvgIpc) is 3.19. The van der Waals surface area contributed by atoms with E-state index in [1.807, 2.05) is 32.0 Å². The quantitative estimate of drug-likeness (QED) is 0.685. The summed E-state index contributed by atoms with van der Waals surface area (Å²) in [5, 5.41) is 2.94. The van der Waals surface area contributed by atoms with Crippen LogP contribution in [0.5, 0.6) is 0 Å². The lowest BCUT2D eigenvalue weighted by Crippen LogP contribution is -2.43. The summed E-state index contributed by atoms with van der Waals surface area (Å²) in [6, 6.07) is 10.7. The van der Waals surface area contributed by atoms with E-state index in [1.54, 1.807) is 18.2 Å². The van der Waals surface area contributed by atoms with Crippen molar-refractivity contribution in [2.24, 2.45) is 5.92 Å². The molecule has 2 aromatic carbocycles. The van der Waals surface area contributed by atoms with Gasteiger partial charge in [-0.1, -0.05) is 12.1 Å². The van der Waals surface area contributed by atoms with Gasteiger partial charge in [-0.15, -0.1) is 0 Å². The number of amides is 1. The maximum Gasteiger partial charge on any atom is 0.245 e. The van der Waals surface area contributed by atoms with Gasteiger partial charge >= 0.3 is 0 Å². The highest BCUT2D eigenvalue weighted by atomic mass is 32.2. The fourth-order valence-corrected chi connectivity index (χ4v) is 5.84. The molecule has 0 bridgehead atoms. The highest BCUT2D eigenvalue weighted by Gasteiger charge is 2.34. The van der Waals surface area contributed by atoms with Crippen LogP contribution < -0.4 is 5.32 Å². The molecule has 1 unspecified atom stereocenters. The summed E-state index contributed by atoms with van der Waals surface area (Å²) in [5.74, 6) is -0.547. The summed E-state index contributed by atoms with van der Waals surface area (Å²) in [6.45, 7) is 4.56. The first-order chi connectivity index (χ1) is 13.9. The second-order valence-electron chi connectivity index (χ2n) is 7.38. The van der Waals surface area contributed by atoms with E-state index in [0.717, 1.165) is 28.5 Å². The number of carbonyl (C=O) groups excluding carboxylic acids is 1. The first kappa shape index (κ1) is 19.9. The lowest BCUT2D eigenvalue weighted by molar-refractivity contribution is -0.120. The lowest BCUT2D eigenvalue weighted by atomic mass is 9.98. The SMILES string of the molecule is Cc1ccc(NC(=O)C2CCCN(S(=O)(=O)c3cccc4nsnc34)C2)cc1C. The molecule has 1 fully saturated rings. The number of rotatable bonds is 4. The summed E-state index contributed by atoms with van der Waals surface area (Å²) in [5.41, 5.74) is 3.94. The Morgan fingerprint density at radius 1 is 1.17 bits per heavy atom. The third-order valence-electron chi connectivity index (χ3n) is 5.40. The number of sulfonamides is 1. The summed E-state index contributed by atoms with van der Waals surface area (Å²) >= 11 is 0.991. The van der Waals surface area contributed by atoms with E-state index in [4.69, 9.17) is 0 Å². The molecule has 0 spiro atoms. The molecular formula is C20H22N4O3S2. The molecule has 0 aliphatic carbocycles. The van der Waals surface area contributed by atoms with Crippen molar-refractivity contribution in [3.05, 3.63) is 47.5 Å². The molecule has 4 rings (SSSR count). The minimum atomic E-state index is -3.75. The molecule has 1 saturated heterocycles. The van der Waals surface area contributed by atoms with Crippen LogP contribution in [0.25, 0.3) is 11.0 Å². The summed E-state index contributed by atoms with van der Waals surface area (Å²) in [7, 11) is -3.75. The maximum absolute atomic E-state index is 13.2. The molecule has 7 nitrogen and oxygen atoms in total. The fraction of sp³-hybridized carbons (Fsp3) is 0.350. The molecule has 0 radical (unpaired) electrons. The molecular weight excluding hydrogens is 408 g/mol. The van der Waals surface area contributed by atoms with Gasteiger partial charge in [0.15, 0.2) is 0 Å². The van der Waals surface area contributed by atoms with Crippen LogP contribution in [0.1, 0.15) is 24.0 Å². The smallest absolute Gasteiger partial charge is 0.245 e. The highest BCUT2D eigenvalue weighted by Crippen LogP contribution is 2.28. The zero-order valence-electron chi connectivity index (χ0n) is 16.3. The number of hydrogen-bond donors (Lipinski definition) is 1. The Morgan fingerprint density at radius 2 is 2.00 bits per heavy atom. The predicted molar refractivity (Wildman–Crippen MR) is 113 cm³/mol. The Hall–Kier alpha value is -2.36. The van der Waals surface area contributed by atoms with Gasteiger partial charge in [0, 0.05) is 18.8 Å². The first-order valence-corrected chi connectivity index (χ1v) is 11.6. The van der Waals surface area contributed by atoms with Crippen molar-refractivity contribution >= 4 is 44.4 Å². The van der Waals surface area contributed by atoms with Gasteiger partial charge in [0.05, 0.1) is 17.6 Å². The summed E-state index contributed by atoms with van der Waals surface area (Å²) in [6.07, 6.45) is 1.29. The van der Waals surface area contributed by atoms with E-state index >= 15 is 0 Å². The number of nitrogens with one attached hydrogen (secondary N) is 1. The van der Waals surface area contributed by atoms with Crippen molar-refractivity contribution in [3.63, 3.8) is 0 Å². The van der Waals surface area contributed by atoms with Crippen molar-refractivity contribution in [1.82, 2.24) is 13.1 Å². The van der Waals surface area contributed by atoms with Crippen LogP contribution in [0.3, 0.4) is 0 Å². The molecule has 1 aliphatic rings. The van der Waals surface area contributed by atoms with Crippen LogP contribution in [0, 0.1) is 19.8 Å². The lowest BCUT2D eigenvalue weighted by Gasteiger charge is -2.31. The number of nitrogens with zero attached hydrogens (tertiary/aromatic N) is 3. The van der Waals surface area contributed by atoms with Crippen molar-refractivity contribution in [2.45, 2.75) is 31.6 Å². The Kier molecular flexibility index (Phi) is 5.37. The number of anilines is 1. The second-order valence-corrected chi connectivity index (χ2v) is 9.81. The molecule has 152 valence electrons. The van der Waals surface area contributed by atoms with Gasteiger partial charge in [-0.2, -0.15) is 13.1 Å². The van der Waals surface area contributed by atoms with E-state index in [0.29, 0.717) is 30.4 Å². The van der Waals surface area contributed by atoms with Gasteiger partial charge in [0.25, 0.3) is 0 Å². The zero-order chi connectivity index (χ0) is 20.6. The van der Waals surface area contributed by atoms with Crippen LogP contribution in [0.4, 0.5) is 5.69 Å². The highest BCUT2D eigenvalue weighted by molar-refractivity contribution is 7.89. The number of aryl methyl sites for hydroxylation is 2. The molecule has 29 heavy (non-hydrogen) atoms. The van der Waals surface area contributed by atoms with Crippen LogP contribution in [0.15, 0.2) is 41.3 Å².